The molecule has 3 aromatic carbocycles. The second-order valence-electron chi connectivity index (χ2n) is 5.69. The van der Waals surface area contributed by atoms with Crippen LogP contribution < -0.4 is 0 Å². The van der Waals surface area contributed by atoms with E-state index in [0.29, 0.717) is 28.6 Å². The van der Waals surface area contributed by atoms with Crippen molar-refractivity contribution in [2.45, 2.75) is 0 Å². The molecule has 26 heavy (non-hydrogen) atoms. The third kappa shape index (κ3) is 3.32. The van der Waals surface area contributed by atoms with Gasteiger partial charge in [0, 0.05) is 16.7 Å². The molecule has 0 amide bonds. The van der Waals surface area contributed by atoms with Crippen LogP contribution in [0.25, 0.3) is 34.2 Å². The topological polar surface area (TPSA) is 38.7 Å². The molecule has 5 heteroatoms. The van der Waals surface area contributed by atoms with Crippen molar-refractivity contribution in [3.63, 3.8) is 0 Å². The summed E-state index contributed by atoms with van der Waals surface area (Å²) in [6, 6.07) is 21.4. The second kappa shape index (κ2) is 6.80. The van der Waals surface area contributed by atoms with Gasteiger partial charge in [0.05, 0.1) is 0 Å². The van der Waals surface area contributed by atoms with Crippen molar-refractivity contribution in [2.24, 2.45) is 0 Å². The van der Waals surface area contributed by atoms with E-state index in [4.69, 9.17) is 0 Å². The van der Waals surface area contributed by atoms with Gasteiger partial charge in [0.2, 0.25) is 0 Å². The molecule has 0 aliphatic carbocycles. The molecule has 126 valence electrons. The van der Waals surface area contributed by atoms with E-state index in [2.05, 4.69) is 15.0 Å². The molecule has 0 spiro atoms. The number of benzene rings is 3. The fourth-order valence-electron chi connectivity index (χ4n) is 2.55. The highest BCUT2D eigenvalue weighted by Gasteiger charge is 2.12. The lowest BCUT2D eigenvalue weighted by atomic mass is 10.1. The number of aromatic nitrogens is 3. The minimum Gasteiger partial charge on any atom is -0.208 e. The molecular formula is C21H13F2N3. The molecule has 0 N–H and O–H groups in total. The van der Waals surface area contributed by atoms with Gasteiger partial charge in [0.1, 0.15) is 11.6 Å². The van der Waals surface area contributed by atoms with Crippen LogP contribution in [-0.2, 0) is 0 Å². The molecule has 0 atom stereocenters. The number of halogens is 2. The van der Waals surface area contributed by atoms with Gasteiger partial charge in [-0.05, 0) is 48.5 Å². The first-order chi connectivity index (χ1) is 12.7. The van der Waals surface area contributed by atoms with Gasteiger partial charge in [-0.3, -0.25) is 0 Å². The summed E-state index contributed by atoms with van der Waals surface area (Å²) in [5, 5.41) is 0. The highest BCUT2D eigenvalue weighted by atomic mass is 19.1. The first-order valence-corrected chi connectivity index (χ1v) is 8.02. The van der Waals surface area contributed by atoms with Crippen molar-refractivity contribution in [1.82, 2.24) is 15.0 Å². The Morgan fingerprint density at radius 2 is 0.769 bits per heavy atom. The van der Waals surface area contributed by atoms with Crippen LogP contribution in [0.1, 0.15) is 0 Å². The van der Waals surface area contributed by atoms with Crippen LogP contribution in [-0.4, -0.2) is 15.0 Å². The van der Waals surface area contributed by atoms with E-state index in [-0.39, 0.29) is 11.6 Å². The third-order valence-electron chi connectivity index (χ3n) is 3.87. The maximum absolute atomic E-state index is 13.2. The highest BCUT2D eigenvalue weighted by molar-refractivity contribution is 5.66. The van der Waals surface area contributed by atoms with Gasteiger partial charge in [-0.25, -0.2) is 23.7 Å². The summed E-state index contributed by atoms with van der Waals surface area (Å²) in [6.07, 6.45) is 0. The largest absolute Gasteiger partial charge is 0.208 e. The van der Waals surface area contributed by atoms with Crippen LogP contribution >= 0.6 is 0 Å². The summed E-state index contributed by atoms with van der Waals surface area (Å²) < 4.78 is 26.5. The van der Waals surface area contributed by atoms with E-state index in [1.54, 1.807) is 24.3 Å². The number of rotatable bonds is 3. The zero-order valence-corrected chi connectivity index (χ0v) is 13.6. The van der Waals surface area contributed by atoms with E-state index in [1.807, 2.05) is 30.3 Å². The maximum Gasteiger partial charge on any atom is 0.164 e. The summed E-state index contributed by atoms with van der Waals surface area (Å²) in [7, 11) is 0. The fourth-order valence-corrected chi connectivity index (χ4v) is 2.55. The molecule has 0 fully saturated rings. The van der Waals surface area contributed by atoms with Crippen molar-refractivity contribution < 1.29 is 8.78 Å². The van der Waals surface area contributed by atoms with Gasteiger partial charge in [0.15, 0.2) is 17.5 Å². The lowest BCUT2D eigenvalue weighted by Crippen LogP contribution is -2.00. The Bertz CT molecular complexity index is 967. The lowest BCUT2D eigenvalue weighted by Gasteiger charge is -2.08. The average Bonchev–Trinajstić information content (AvgIpc) is 2.69. The van der Waals surface area contributed by atoms with Crippen molar-refractivity contribution in [3.8, 4) is 34.2 Å². The molecule has 0 aliphatic heterocycles. The van der Waals surface area contributed by atoms with Gasteiger partial charge in [0.25, 0.3) is 0 Å². The van der Waals surface area contributed by atoms with Crippen LogP contribution in [0.4, 0.5) is 8.78 Å². The molecule has 0 bridgehead atoms. The zero-order valence-electron chi connectivity index (χ0n) is 13.6. The third-order valence-corrected chi connectivity index (χ3v) is 3.87. The summed E-state index contributed by atoms with van der Waals surface area (Å²) in [6.45, 7) is 0. The van der Waals surface area contributed by atoms with Crippen molar-refractivity contribution in [2.75, 3.05) is 0 Å². The van der Waals surface area contributed by atoms with Crippen molar-refractivity contribution >= 4 is 0 Å². The standard InChI is InChI=1S/C21H13F2N3/c22-17-10-6-15(7-11-17)20-24-19(14-4-2-1-3-5-14)25-21(26-20)16-8-12-18(23)13-9-16/h1-13H. The molecule has 0 aliphatic rings. The Labute approximate surface area is 149 Å². The van der Waals surface area contributed by atoms with Gasteiger partial charge in [-0.15, -0.1) is 0 Å². The normalized spacial score (nSPS) is 10.7. The number of nitrogens with zero attached hydrogens (tertiary/aromatic N) is 3. The molecule has 1 aromatic heterocycles. The SMILES string of the molecule is Fc1ccc(-c2nc(-c3ccccc3)nc(-c3ccc(F)cc3)n2)cc1. The Hall–Kier alpha value is -3.47. The number of hydrogen-bond acceptors (Lipinski definition) is 3. The van der Waals surface area contributed by atoms with Crippen molar-refractivity contribution in [1.29, 1.82) is 0 Å². The predicted octanol–water partition coefficient (Wildman–Crippen LogP) is 5.15. The van der Waals surface area contributed by atoms with Crippen LogP contribution in [0.15, 0.2) is 78.9 Å². The molecule has 3 nitrogen and oxygen atoms in total. The van der Waals surface area contributed by atoms with E-state index >= 15 is 0 Å². The number of hydrogen-bond donors (Lipinski definition) is 0. The average molecular weight is 345 g/mol. The van der Waals surface area contributed by atoms with Crippen LogP contribution in [0.2, 0.25) is 0 Å². The maximum atomic E-state index is 13.2. The second-order valence-corrected chi connectivity index (χ2v) is 5.69. The zero-order chi connectivity index (χ0) is 17.9. The monoisotopic (exact) mass is 345 g/mol. The molecule has 0 radical (unpaired) electrons. The first-order valence-electron chi connectivity index (χ1n) is 8.02. The molecule has 0 saturated heterocycles. The Morgan fingerprint density at radius 1 is 0.423 bits per heavy atom. The fraction of sp³-hybridized carbons (Fsp3) is 0. The smallest absolute Gasteiger partial charge is 0.164 e. The Balaban J connectivity index is 1.89. The van der Waals surface area contributed by atoms with Crippen LogP contribution in [0, 0.1) is 11.6 Å². The Kier molecular flexibility index (Phi) is 4.19. The minimum atomic E-state index is -0.329. The van der Waals surface area contributed by atoms with E-state index in [1.165, 1.54) is 24.3 Å². The molecule has 0 saturated carbocycles. The Morgan fingerprint density at radius 3 is 1.15 bits per heavy atom. The van der Waals surface area contributed by atoms with Crippen molar-refractivity contribution in [3.05, 3.63) is 90.5 Å². The quantitative estimate of drug-likeness (QED) is 0.515. The van der Waals surface area contributed by atoms with E-state index < -0.39 is 0 Å². The van der Waals surface area contributed by atoms with Gasteiger partial charge >= 0.3 is 0 Å². The summed E-state index contributed by atoms with van der Waals surface area (Å²) in [5.74, 6) is 0.699. The minimum absolute atomic E-state index is 0.329. The van der Waals surface area contributed by atoms with Gasteiger partial charge < -0.3 is 0 Å². The lowest BCUT2D eigenvalue weighted by molar-refractivity contribution is 0.627. The van der Waals surface area contributed by atoms with Gasteiger partial charge in [-0.2, -0.15) is 0 Å². The molecule has 1 heterocycles. The van der Waals surface area contributed by atoms with Crippen LogP contribution in [0.5, 0.6) is 0 Å². The summed E-state index contributed by atoms with van der Waals surface area (Å²) in [5.41, 5.74) is 2.19. The molecular weight excluding hydrogens is 332 g/mol. The summed E-state index contributed by atoms with van der Waals surface area (Å²) >= 11 is 0. The predicted molar refractivity (Wildman–Crippen MR) is 96.1 cm³/mol. The van der Waals surface area contributed by atoms with E-state index in [0.717, 1.165) is 5.56 Å². The first kappa shape index (κ1) is 16.0. The highest BCUT2D eigenvalue weighted by Crippen LogP contribution is 2.24. The molecule has 0 unspecified atom stereocenters. The summed E-state index contributed by atoms with van der Waals surface area (Å²) in [4.78, 5) is 13.5. The van der Waals surface area contributed by atoms with Gasteiger partial charge in [-0.1, -0.05) is 30.3 Å². The van der Waals surface area contributed by atoms with Crippen LogP contribution in [0.3, 0.4) is 0 Å². The molecule has 4 rings (SSSR count). The van der Waals surface area contributed by atoms with E-state index in [9.17, 15) is 8.78 Å². The molecule has 4 aromatic rings.